The molecule has 1 aliphatic carbocycles. The summed E-state index contributed by atoms with van der Waals surface area (Å²) in [6, 6.07) is 0.558. The molecule has 1 aliphatic rings. The molecule has 6 heteroatoms. The smallest absolute Gasteiger partial charge is 0.206 e. The maximum Gasteiger partial charge on any atom is 0.206 e. The van der Waals surface area contributed by atoms with E-state index >= 15 is 0 Å². The molecule has 0 atom stereocenters. The highest BCUT2D eigenvalue weighted by Crippen LogP contribution is 2.18. The van der Waals surface area contributed by atoms with E-state index in [9.17, 15) is 0 Å². The SMILES string of the molecule is Cc1ncsc1CN=C(NN)NC1CC1. The Morgan fingerprint density at radius 3 is 3.07 bits per heavy atom. The van der Waals surface area contributed by atoms with Crippen LogP contribution in [0, 0.1) is 6.92 Å². The number of guanidine groups is 1. The zero-order chi connectivity index (χ0) is 10.7. The summed E-state index contributed by atoms with van der Waals surface area (Å²) in [5, 5.41) is 3.22. The fourth-order valence-corrected chi connectivity index (χ4v) is 1.88. The van der Waals surface area contributed by atoms with Crippen molar-refractivity contribution in [2.45, 2.75) is 32.4 Å². The van der Waals surface area contributed by atoms with Gasteiger partial charge < -0.3 is 5.32 Å². The summed E-state index contributed by atoms with van der Waals surface area (Å²) in [5.74, 6) is 6.04. The molecule has 0 aromatic carbocycles. The first kappa shape index (κ1) is 10.4. The number of thiazole rings is 1. The maximum atomic E-state index is 5.37. The van der Waals surface area contributed by atoms with Gasteiger partial charge in [-0.05, 0) is 19.8 Å². The number of rotatable bonds is 3. The van der Waals surface area contributed by atoms with Crippen LogP contribution < -0.4 is 16.6 Å². The van der Waals surface area contributed by atoms with Crippen LogP contribution in [-0.4, -0.2) is 17.0 Å². The van der Waals surface area contributed by atoms with Crippen molar-refractivity contribution >= 4 is 17.3 Å². The second-order valence-electron chi connectivity index (χ2n) is 3.59. The Balaban J connectivity index is 1.92. The summed E-state index contributed by atoms with van der Waals surface area (Å²) in [5.41, 5.74) is 5.46. The highest BCUT2D eigenvalue weighted by atomic mass is 32.1. The number of hydrogen-bond acceptors (Lipinski definition) is 4. The van der Waals surface area contributed by atoms with E-state index in [-0.39, 0.29) is 0 Å². The zero-order valence-corrected chi connectivity index (χ0v) is 9.47. The molecule has 15 heavy (non-hydrogen) atoms. The first-order valence-electron chi connectivity index (χ1n) is 4.96. The van der Waals surface area contributed by atoms with Crippen LogP contribution in [0.15, 0.2) is 10.5 Å². The number of nitrogens with two attached hydrogens (primary N) is 1. The number of aryl methyl sites for hydroxylation is 1. The fourth-order valence-electron chi connectivity index (χ4n) is 1.18. The monoisotopic (exact) mass is 225 g/mol. The second kappa shape index (κ2) is 4.59. The predicted molar refractivity (Wildman–Crippen MR) is 61.5 cm³/mol. The summed E-state index contributed by atoms with van der Waals surface area (Å²) in [4.78, 5) is 9.72. The lowest BCUT2D eigenvalue weighted by atomic mass is 10.4. The van der Waals surface area contributed by atoms with Gasteiger partial charge in [0.2, 0.25) is 5.96 Å². The number of nitrogens with zero attached hydrogens (tertiary/aromatic N) is 2. The van der Waals surface area contributed by atoms with E-state index in [1.165, 1.54) is 17.7 Å². The van der Waals surface area contributed by atoms with Crippen molar-refractivity contribution in [3.63, 3.8) is 0 Å². The van der Waals surface area contributed by atoms with Crippen molar-refractivity contribution in [3.05, 3.63) is 16.1 Å². The van der Waals surface area contributed by atoms with Gasteiger partial charge in [0.15, 0.2) is 0 Å². The van der Waals surface area contributed by atoms with Crippen molar-refractivity contribution in [2.24, 2.45) is 10.8 Å². The summed E-state index contributed by atoms with van der Waals surface area (Å²) < 4.78 is 0. The largest absolute Gasteiger partial charge is 0.353 e. The molecule has 0 unspecified atom stereocenters. The highest BCUT2D eigenvalue weighted by molar-refractivity contribution is 7.09. The standard InChI is InChI=1S/C9H15N5S/c1-6-8(15-5-12-6)4-11-9(14-10)13-7-2-3-7/h5,7H,2-4,10H2,1H3,(H2,11,13,14). The topological polar surface area (TPSA) is 75.3 Å². The fraction of sp³-hybridized carbons (Fsp3) is 0.556. The molecule has 5 nitrogen and oxygen atoms in total. The third-order valence-corrected chi connectivity index (χ3v) is 3.20. The van der Waals surface area contributed by atoms with Gasteiger partial charge in [0, 0.05) is 10.9 Å². The summed E-state index contributed by atoms with van der Waals surface area (Å²) in [7, 11) is 0. The molecule has 82 valence electrons. The van der Waals surface area contributed by atoms with Gasteiger partial charge in [0.1, 0.15) is 0 Å². The second-order valence-corrected chi connectivity index (χ2v) is 4.53. The first-order chi connectivity index (χ1) is 7.29. The van der Waals surface area contributed by atoms with Crippen molar-refractivity contribution in [1.82, 2.24) is 15.7 Å². The minimum absolute atomic E-state index is 0.558. The number of aromatic nitrogens is 1. The number of hydrazine groups is 1. The van der Waals surface area contributed by atoms with Gasteiger partial charge in [-0.3, -0.25) is 5.43 Å². The van der Waals surface area contributed by atoms with Crippen LogP contribution in [0.5, 0.6) is 0 Å². The third kappa shape index (κ3) is 2.90. The Labute approximate surface area is 92.8 Å². The average molecular weight is 225 g/mol. The lowest BCUT2D eigenvalue weighted by Gasteiger charge is -2.06. The van der Waals surface area contributed by atoms with Gasteiger partial charge in [0.25, 0.3) is 0 Å². The Hall–Kier alpha value is -1.14. The molecular formula is C9H15N5S. The minimum atomic E-state index is 0.558. The lowest BCUT2D eigenvalue weighted by Crippen LogP contribution is -2.42. The molecule has 0 bridgehead atoms. The molecule has 0 spiro atoms. The molecule has 1 saturated carbocycles. The van der Waals surface area contributed by atoms with Gasteiger partial charge in [-0.25, -0.2) is 15.8 Å². The predicted octanol–water partition coefficient (Wildman–Crippen LogP) is 0.523. The van der Waals surface area contributed by atoms with Gasteiger partial charge >= 0.3 is 0 Å². The van der Waals surface area contributed by atoms with Crippen molar-refractivity contribution in [1.29, 1.82) is 0 Å². The average Bonchev–Trinajstić information content (AvgIpc) is 2.96. The quantitative estimate of drug-likeness (QED) is 0.303. The van der Waals surface area contributed by atoms with Crippen LogP contribution in [0.1, 0.15) is 23.4 Å². The van der Waals surface area contributed by atoms with E-state index in [1.807, 2.05) is 12.4 Å². The molecule has 1 fully saturated rings. The van der Waals surface area contributed by atoms with Crippen LogP contribution in [0.2, 0.25) is 0 Å². The van der Waals surface area contributed by atoms with Crippen LogP contribution in [0.3, 0.4) is 0 Å². The number of hydrogen-bond donors (Lipinski definition) is 3. The molecule has 2 rings (SSSR count). The number of aliphatic imine (C=N–C) groups is 1. The van der Waals surface area contributed by atoms with Crippen LogP contribution in [-0.2, 0) is 6.54 Å². The molecule has 0 saturated heterocycles. The van der Waals surface area contributed by atoms with Gasteiger partial charge in [-0.1, -0.05) is 0 Å². The van der Waals surface area contributed by atoms with E-state index in [1.54, 1.807) is 11.3 Å². The Bertz CT molecular complexity index is 355. The van der Waals surface area contributed by atoms with Gasteiger partial charge in [-0.2, -0.15) is 0 Å². The van der Waals surface area contributed by atoms with Gasteiger partial charge in [0.05, 0.1) is 17.7 Å². The molecule has 1 aromatic heterocycles. The molecule has 1 aromatic rings. The van der Waals surface area contributed by atoms with E-state index < -0.39 is 0 Å². The molecule has 0 aliphatic heterocycles. The zero-order valence-electron chi connectivity index (χ0n) is 8.66. The molecule has 4 N–H and O–H groups in total. The maximum absolute atomic E-state index is 5.37. The van der Waals surface area contributed by atoms with Crippen molar-refractivity contribution < 1.29 is 0 Å². The summed E-state index contributed by atoms with van der Waals surface area (Å²) in [6.07, 6.45) is 2.42. The Kier molecular flexibility index (Phi) is 3.17. The van der Waals surface area contributed by atoms with E-state index in [0.717, 1.165) is 5.69 Å². The highest BCUT2D eigenvalue weighted by Gasteiger charge is 2.21. The molecule has 0 radical (unpaired) electrons. The Morgan fingerprint density at radius 1 is 1.73 bits per heavy atom. The molecular weight excluding hydrogens is 210 g/mol. The first-order valence-corrected chi connectivity index (χ1v) is 5.84. The normalized spacial score (nSPS) is 16.5. The van der Waals surface area contributed by atoms with Crippen LogP contribution >= 0.6 is 11.3 Å². The minimum Gasteiger partial charge on any atom is -0.353 e. The van der Waals surface area contributed by atoms with Crippen molar-refractivity contribution in [2.75, 3.05) is 0 Å². The molecule has 0 amide bonds. The van der Waals surface area contributed by atoms with Crippen molar-refractivity contribution in [3.8, 4) is 0 Å². The Morgan fingerprint density at radius 2 is 2.53 bits per heavy atom. The lowest BCUT2D eigenvalue weighted by molar-refractivity contribution is 0.821. The summed E-state index contributed by atoms with van der Waals surface area (Å²) >= 11 is 1.62. The third-order valence-electron chi connectivity index (χ3n) is 2.28. The van der Waals surface area contributed by atoms with Crippen LogP contribution in [0.25, 0.3) is 0 Å². The van der Waals surface area contributed by atoms with Gasteiger partial charge in [-0.15, -0.1) is 11.3 Å². The number of nitrogens with one attached hydrogen (secondary N) is 2. The van der Waals surface area contributed by atoms with E-state index in [4.69, 9.17) is 5.84 Å². The van der Waals surface area contributed by atoms with E-state index in [0.29, 0.717) is 18.5 Å². The van der Waals surface area contributed by atoms with Crippen LogP contribution in [0.4, 0.5) is 0 Å². The van der Waals surface area contributed by atoms with E-state index in [2.05, 4.69) is 20.7 Å². The molecule has 1 heterocycles. The summed E-state index contributed by atoms with van der Waals surface area (Å²) in [6.45, 7) is 2.63.